The van der Waals surface area contributed by atoms with Gasteiger partial charge in [0, 0.05) is 44.2 Å². The molecule has 0 saturated heterocycles. The summed E-state index contributed by atoms with van der Waals surface area (Å²) in [6, 6.07) is 76.5. The molecule has 0 N–H and O–H groups in total. The molecule has 296 valence electrons. The van der Waals surface area contributed by atoms with E-state index in [2.05, 4.69) is 243 Å². The summed E-state index contributed by atoms with van der Waals surface area (Å²) in [6.45, 7) is 9.39. The van der Waals surface area contributed by atoms with Gasteiger partial charge in [0.15, 0.2) is 0 Å². The van der Waals surface area contributed by atoms with Gasteiger partial charge in [0.2, 0.25) is 0 Å². The van der Waals surface area contributed by atoms with Crippen LogP contribution in [0.2, 0.25) is 0 Å². The molecular weight excluding hydrogens is 749 g/mol. The lowest BCUT2D eigenvalue weighted by Gasteiger charge is -2.29. The first-order chi connectivity index (χ1) is 30.3. The molecule has 0 amide bonds. The van der Waals surface area contributed by atoms with Gasteiger partial charge in [0.25, 0.3) is 0 Å². The topological polar surface area (TPSA) is 8.17 Å². The maximum absolute atomic E-state index is 2.45. The lowest BCUT2D eigenvalue weighted by atomic mass is 9.82. The van der Waals surface area contributed by atoms with Crippen molar-refractivity contribution >= 4 is 38.9 Å². The van der Waals surface area contributed by atoms with Crippen LogP contribution in [0.1, 0.15) is 49.9 Å². The van der Waals surface area contributed by atoms with Crippen LogP contribution >= 0.6 is 0 Å². The molecule has 2 heteroatoms. The summed E-state index contributed by atoms with van der Waals surface area (Å²) >= 11 is 0. The summed E-state index contributed by atoms with van der Waals surface area (Å²) in [5.41, 5.74) is 22.5. The molecule has 0 radical (unpaired) electrons. The highest BCUT2D eigenvalue weighted by Crippen LogP contribution is 2.52. The fourth-order valence-corrected chi connectivity index (χ4v) is 10.9. The van der Waals surface area contributed by atoms with Crippen molar-refractivity contribution in [3.8, 4) is 50.2 Å². The van der Waals surface area contributed by atoms with Crippen LogP contribution in [-0.4, -0.2) is 4.57 Å². The summed E-state index contributed by atoms with van der Waals surface area (Å²) in [7, 11) is 0. The number of nitrogens with zero attached hydrogens (tertiary/aromatic N) is 2. The Morgan fingerprint density at radius 2 is 0.903 bits per heavy atom. The van der Waals surface area contributed by atoms with Gasteiger partial charge < -0.3 is 9.47 Å². The molecule has 2 aliphatic carbocycles. The molecule has 0 spiro atoms. The van der Waals surface area contributed by atoms with Crippen LogP contribution in [0.15, 0.2) is 206 Å². The number of fused-ring (bicyclic) bond motifs is 9. The molecule has 0 saturated carbocycles. The second kappa shape index (κ2) is 13.5. The molecule has 1 heterocycles. The summed E-state index contributed by atoms with van der Waals surface area (Å²) < 4.78 is 2.45. The standard InChI is InChI=1S/C60H46N2/c1-59(2)52-25-12-8-22-46(52)49-37-43(30-32-54(49)59)61(42-19-6-5-7-20-42)56-27-14-10-21-45(56)41-18-16-17-39(35-41)40-29-34-58-51(36-40)48-24-11-15-28-57(48)62(58)44-31-33-55-50(38-44)47-23-9-13-26-53(47)60(55,3)4/h5-38H,1-4H3. The van der Waals surface area contributed by atoms with Crippen LogP contribution in [0.5, 0.6) is 0 Å². The average Bonchev–Trinajstić information content (AvgIpc) is 3.86. The largest absolute Gasteiger partial charge is 0.310 e. The molecule has 0 aliphatic heterocycles. The highest BCUT2D eigenvalue weighted by molar-refractivity contribution is 6.10. The van der Waals surface area contributed by atoms with Crippen molar-refractivity contribution in [1.29, 1.82) is 0 Å². The van der Waals surface area contributed by atoms with E-state index in [0.717, 1.165) is 17.1 Å². The Hall–Kier alpha value is -7.42. The van der Waals surface area contributed by atoms with Crippen molar-refractivity contribution in [3.05, 3.63) is 229 Å². The predicted molar refractivity (Wildman–Crippen MR) is 261 cm³/mol. The zero-order chi connectivity index (χ0) is 41.7. The van der Waals surface area contributed by atoms with Crippen molar-refractivity contribution in [3.63, 3.8) is 0 Å². The average molecular weight is 795 g/mol. The highest BCUT2D eigenvalue weighted by atomic mass is 15.1. The fraction of sp³-hybridized carbons (Fsp3) is 0.100. The van der Waals surface area contributed by atoms with Gasteiger partial charge in [-0.25, -0.2) is 0 Å². The third kappa shape index (κ3) is 5.36. The second-order valence-corrected chi connectivity index (χ2v) is 18.2. The molecular formula is C60H46N2. The van der Waals surface area contributed by atoms with Crippen LogP contribution in [0.3, 0.4) is 0 Å². The van der Waals surface area contributed by atoms with Gasteiger partial charge in [-0.15, -0.1) is 0 Å². The number of hydrogen-bond acceptors (Lipinski definition) is 1. The van der Waals surface area contributed by atoms with Crippen LogP contribution < -0.4 is 4.90 Å². The summed E-state index contributed by atoms with van der Waals surface area (Å²) in [4.78, 5) is 2.43. The van der Waals surface area contributed by atoms with E-state index in [1.165, 1.54) is 94.3 Å². The Bertz CT molecular complexity index is 3420. The van der Waals surface area contributed by atoms with Crippen molar-refractivity contribution < 1.29 is 0 Å². The Morgan fingerprint density at radius 1 is 0.339 bits per heavy atom. The van der Waals surface area contributed by atoms with E-state index in [9.17, 15) is 0 Å². The molecule has 9 aromatic carbocycles. The number of benzene rings is 9. The zero-order valence-corrected chi connectivity index (χ0v) is 35.5. The molecule has 0 fully saturated rings. The van der Waals surface area contributed by atoms with Crippen molar-refractivity contribution in [1.82, 2.24) is 4.57 Å². The Labute approximate surface area is 364 Å². The number of hydrogen-bond donors (Lipinski definition) is 0. The summed E-state index contributed by atoms with van der Waals surface area (Å²) in [5.74, 6) is 0. The first-order valence-corrected chi connectivity index (χ1v) is 21.8. The molecule has 0 bridgehead atoms. The number of rotatable bonds is 6. The van der Waals surface area contributed by atoms with Gasteiger partial charge >= 0.3 is 0 Å². The molecule has 10 aromatic rings. The SMILES string of the molecule is CC1(C)c2ccccc2-c2cc(N(c3ccccc3)c3ccccc3-c3cccc(-c4ccc5c(c4)c4ccccc4n5-c4ccc5c(c4)-c4ccccc4C5(C)C)c3)ccc21. The fourth-order valence-electron chi connectivity index (χ4n) is 10.9. The first kappa shape index (κ1) is 36.4. The predicted octanol–water partition coefficient (Wildman–Crippen LogP) is 16.2. The van der Waals surface area contributed by atoms with Crippen LogP contribution in [0.4, 0.5) is 17.1 Å². The Balaban J connectivity index is 0.968. The maximum atomic E-state index is 2.45. The normalized spacial score (nSPS) is 14.1. The minimum atomic E-state index is -0.0514. The Kier molecular flexibility index (Phi) is 7.96. The van der Waals surface area contributed by atoms with Gasteiger partial charge in [-0.05, 0) is 128 Å². The lowest BCUT2D eigenvalue weighted by Crippen LogP contribution is -2.15. The van der Waals surface area contributed by atoms with E-state index in [-0.39, 0.29) is 10.8 Å². The minimum absolute atomic E-state index is 0.0268. The number of para-hydroxylation sites is 3. The second-order valence-electron chi connectivity index (χ2n) is 18.2. The number of aromatic nitrogens is 1. The number of anilines is 3. The lowest BCUT2D eigenvalue weighted by molar-refractivity contribution is 0.660. The van der Waals surface area contributed by atoms with Gasteiger partial charge in [-0.1, -0.05) is 167 Å². The van der Waals surface area contributed by atoms with Crippen molar-refractivity contribution in [2.24, 2.45) is 0 Å². The van der Waals surface area contributed by atoms with E-state index in [1.54, 1.807) is 0 Å². The van der Waals surface area contributed by atoms with Gasteiger partial charge in [0.05, 0.1) is 16.7 Å². The third-order valence-corrected chi connectivity index (χ3v) is 14.0. The smallest absolute Gasteiger partial charge is 0.0541 e. The maximum Gasteiger partial charge on any atom is 0.0541 e. The van der Waals surface area contributed by atoms with E-state index in [4.69, 9.17) is 0 Å². The molecule has 12 rings (SSSR count). The summed E-state index contributed by atoms with van der Waals surface area (Å²) in [5, 5.41) is 2.51. The molecule has 1 aromatic heterocycles. The van der Waals surface area contributed by atoms with Gasteiger partial charge in [-0.3, -0.25) is 0 Å². The van der Waals surface area contributed by atoms with Gasteiger partial charge in [0.1, 0.15) is 0 Å². The van der Waals surface area contributed by atoms with Crippen molar-refractivity contribution in [2.75, 3.05) is 4.90 Å². The molecule has 0 atom stereocenters. The quantitative estimate of drug-likeness (QED) is 0.163. The van der Waals surface area contributed by atoms with E-state index >= 15 is 0 Å². The van der Waals surface area contributed by atoms with E-state index in [0.29, 0.717) is 0 Å². The molecule has 0 unspecified atom stereocenters. The Morgan fingerprint density at radius 3 is 1.66 bits per heavy atom. The van der Waals surface area contributed by atoms with E-state index < -0.39 is 0 Å². The van der Waals surface area contributed by atoms with Crippen LogP contribution in [0.25, 0.3) is 72.0 Å². The van der Waals surface area contributed by atoms with Gasteiger partial charge in [-0.2, -0.15) is 0 Å². The monoisotopic (exact) mass is 794 g/mol. The zero-order valence-electron chi connectivity index (χ0n) is 35.5. The molecule has 2 aliphatic rings. The molecule has 2 nitrogen and oxygen atoms in total. The highest BCUT2D eigenvalue weighted by Gasteiger charge is 2.37. The first-order valence-electron chi connectivity index (χ1n) is 21.8. The molecule has 62 heavy (non-hydrogen) atoms. The minimum Gasteiger partial charge on any atom is -0.310 e. The summed E-state index contributed by atoms with van der Waals surface area (Å²) in [6.07, 6.45) is 0. The van der Waals surface area contributed by atoms with Crippen LogP contribution in [-0.2, 0) is 10.8 Å². The van der Waals surface area contributed by atoms with E-state index in [1.807, 2.05) is 0 Å². The third-order valence-electron chi connectivity index (χ3n) is 14.0. The van der Waals surface area contributed by atoms with Crippen LogP contribution in [0, 0.1) is 0 Å². The van der Waals surface area contributed by atoms with Crippen molar-refractivity contribution in [2.45, 2.75) is 38.5 Å².